The van der Waals surface area contributed by atoms with Crippen molar-refractivity contribution in [2.75, 3.05) is 13.7 Å². The summed E-state index contributed by atoms with van der Waals surface area (Å²) < 4.78 is 32.3. The maximum absolute atomic E-state index is 13.6. The average molecular weight is 241 g/mol. The van der Waals surface area contributed by atoms with Crippen LogP contribution in [0.5, 0.6) is 5.75 Å². The van der Waals surface area contributed by atoms with Crippen LogP contribution in [-0.2, 0) is 6.54 Å². The van der Waals surface area contributed by atoms with E-state index in [4.69, 9.17) is 4.74 Å². The second-order valence-corrected chi connectivity index (χ2v) is 4.50. The molecule has 0 spiro atoms. The normalized spacial score (nSPS) is 15.0. The second kappa shape index (κ2) is 5.45. The quantitative estimate of drug-likeness (QED) is 0.827. The summed E-state index contributed by atoms with van der Waals surface area (Å²) in [6.45, 7) is 0.833. The van der Waals surface area contributed by atoms with Crippen molar-refractivity contribution in [3.05, 3.63) is 29.3 Å². The third-order valence-electron chi connectivity index (χ3n) is 2.91. The zero-order valence-electron chi connectivity index (χ0n) is 9.93. The minimum atomic E-state index is -0.619. The van der Waals surface area contributed by atoms with E-state index in [2.05, 4.69) is 5.32 Å². The largest absolute Gasteiger partial charge is 0.488 e. The van der Waals surface area contributed by atoms with Crippen LogP contribution in [0.2, 0.25) is 0 Å². The molecule has 2 rings (SSSR count). The van der Waals surface area contributed by atoms with Crippen molar-refractivity contribution in [1.29, 1.82) is 0 Å². The molecule has 0 amide bonds. The highest BCUT2D eigenvalue weighted by Crippen LogP contribution is 2.32. The van der Waals surface area contributed by atoms with Crippen molar-refractivity contribution >= 4 is 0 Å². The van der Waals surface area contributed by atoms with Gasteiger partial charge in [-0.05, 0) is 37.1 Å². The molecule has 1 aliphatic rings. The lowest BCUT2D eigenvalue weighted by atomic mass is 10.2. The molecular formula is C13H17F2NO. The van der Waals surface area contributed by atoms with Gasteiger partial charge in [0.15, 0.2) is 17.4 Å². The zero-order chi connectivity index (χ0) is 12.3. The molecular weight excluding hydrogens is 224 g/mol. The Hall–Kier alpha value is -1.16. The topological polar surface area (TPSA) is 21.3 Å². The van der Waals surface area contributed by atoms with E-state index in [1.165, 1.54) is 25.0 Å². The van der Waals surface area contributed by atoms with Crippen molar-refractivity contribution < 1.29 is 13.5 Å². The van der Waals surface area contributed by atoms with E-state index in [9.17, 15) is 8.78 Å². The first-order valence-corrected chi connectivity index (χ1v) is 5.96. The molecule has 0 atom stereocenters. The molecule has 4 heteroatoms. The van der Waals surface area contributed by atoms with Gasteiger partial charge in [0.1, 0.15) is 0 Å². The molecule has 1 saturated carbocycles. The van der Waals surface area contributed by atoms with Gasteiger partial charge >= 0.3 is 0 Å². The minimum Gasteiger partial charge on any atom is -0.488 e. The van der Waals surface area contributed by atoms with Crippen LogP contribution in [0.4, 0.5) is 8.78 Å². The molecule has 0 saturated heterocycles. The number of hydrogen-bond donors (Lipinski definition) is 1. The molecule has 0 aliphatic heterocycles. The smallest absolute Gasteiger partial charge is 0.190 e. The van der Waals surface area contributed by atoms with Gasteiger partial charge in [0, 0.05) is 6.54 Å². The molecule has 0 heterocycles. The minimum absolute atomic E-state index is 0.245. The van der Waals surface area contributed by atoms with Crippen LogP contribution in [-0.4, -0.2) is 13.7 Å². The molecule has 1 N–H and O–H groups in total. The maximum Gasteiger partial charge on any atom is 0.190 e. The molecule has 0 unspecified atom stereocenters. The van der Waals surface area contributed by atoms with Gasteiger partial charge in [0.25, 0.3) is 0 Å². The monoisotopic (exact) mass is 241 g/mol. The highest BCUT2D eigenvalue weighted by molar-refractivity contribution is 5.31. The van der Waals surface area contributed by atoms with E-state index in [1.807, 2.05) is 0 Å². The predicted octanol–water partition coefficient (Wildman–Crippen LogP) is 2.86. The van der Waals surface area contributed by atoms with Crippen molar-refractivity contribution in [3.8, 4) is 5.75 Å². The molecule has 0 bridgehead atoms. The molecule has 0 radical (unpaired) electrons. The summed E-state index contributed by atoms with van der Waals surface area (Å²) in [6.07, 6.45) is 3.32. The van der Waals surface area contributed by atoms with E-state index in [0.717, 1.165) is 6.42 Å². The first-order valence-electron chi connectivity index (χ1n) is 5.96. The van der Waals surface area contributed by atoms with Gasteiger partial charge in [-0.25, -0.2) is 8.78 Å². The van der Waals surface area contributed by atoms with Gasteiger partial charge in [-0.2, -0.15) is 0 Å². The molecule has 2 nitrogen and oxygen atoms in total. The Balaban J connectivity index is 1.99. The SMILES string of the molecule is CNCc1cc(F)c(OCCC2CC2)c(F)c1. The van der Waals surface area contributed by atoms with Crippen LogP contribution in [0.1, 0.15) is 24.8 Å². The van der Waals surface area contributed by atoms with E-state index in [1.54, 1.807) is 7.05 Å². The number of rotatable bonds is 6. The Morgan fingerprint density at radius 2 is 1.94 bits per heavy atom. The second-order valence-electron chi connectivity index (χ2n) is 4.50. The molecule has 17 heavy (non-hydrogen) atoms. The number of halogens is 2. The third-order valence-corrected chi connectivity index (χ3v) is 2.91. The van der Waals surface area contributed by atoms with Crippen LogP contribution >= 0.6 is 0 Å². The number of ether oxygens (including phenoxy) is 1. The molecule has 94 valence electrons. The Bertz CT molecular complexity index is 368. The summed E-state index contributed by atoms with van der Waals surface area (Å²) in [7, 11) is 1.73. The summed E-state index contributed by atoms with van der Waals surface area (Å²) in [5.41, 5.74) is 0.581. The fraction of sp³-hybridized carbons (Fsp3) is 0.538. The van der Waals surface area contributed by atoms with Crippen molar-refractivity contribution in [2.24, 2.45) is 5.92 Å². The van der Waals surface area contributed by atoms with Crippen molar-refractivity contribution in [1.82, 2.24) is 5.32 Å². The van der Waals surface area contributed by atoms with Gasteiger partial charge in [-0.3, -0.25) is 0 Å². The number of benzene rings is 1. The van der Waals surface area contributed by atoms with E-state index in [-0.39, 0.29) is 5.75 Å². The van der Waals surface area contributed by atoms with Gasteiger partial charge in [-0.15, -0.1) is 0 Å². The summed E-state index contributed by atoms with van der Waals surface area (Å²) >= 11 is 0. The Morgan fingerprint density at radius 3 is 2.47 bits per heavy atom. The molecule has 1 aromatic carbocycles. The van der Waals surface area contributed by atoms with E-state index in [0.29, 0.717) is 24.6 Å². The standard InChI is InChI=1S/C13H17F2NO/c1-16-8-10-6-11(14)13(12(15)7-10)17-5-4-9-2-3-9/h6-7,9,16H,2-5,8H2,1H3. The van der Waals surface area contributed by atoms with Crippen molar-refractivity contribution in [2.45, 2.75) is 25.8 Å². The molecule has 1 aliphatic carbocycles. The van der Waals surface area contributed by atoms with Crippen LogP contribution in [0.15, 0.2) is 12.1 Å². The number of hydrogen-bond acceptors (Lipinski definition) is 2. The highest BCUT2D eigenvalue weighted by Gasteiger charge is 2.21. The van der Waals surface area contributed by atoms with Crippen LogP contribution in [0.25, 0.3) is 0 Å². The van der Waals surface area contributed by atoms with Crippen LogP contribution in [0, 0.1) is 17.6 Å². The first-order chi connectivity index (χ1) is 8.20. The Morgan fingerprint density at radius 1 is 1.29 bits per heavy atom. The zero-order valence-corrected chi connectivity index (χ0v) is 9.93. The fourth-order valence-electron chi connectivity index (χ4n) is 1.79. The fourth-order valence-corrected chi connectivity index (χ4v) is 1.79. The lowest BCUT2D eigenvalue weighted by Gasteiger charge is -2.09. The van der Waals surface area contributed by atoms with Gasteiger partial charge in [0.2, 0.25) is 0 Å². The summed E-state index contributed by atoms with van der Waals surface area (Å²) in [4.78, 5) is 0. The summed E-state index contributed by atoms with van der Waals surface area (Å²) in [6, 6.07) is 2.62. The van der Waals surface area contributed by atoms with E-state index < -0.39 is 11.6 Å². The number of nitrogens with one attached hydrogen (secondary N) is 1. The summed E-state index contributed by atoms with van der Waals surface area (Å²) in [5, 5.41) is 2.85. The highest BCUT2D eigenvalue weighted by atomic mass is 19.1. The van der Waals surface area contributed by atoms with E-state index >= 15 is 0 Å². The Labute approximate surface area is 100.0 Å². The molecule has 1 aromatic rings. The van der Waals surface area contributed by atoms with Gasteiger partial charge in [0.05, 0.1) is 6.61 Å². The lowest BCUT2D eigenvalue weighted by Crippen LogP contribution is -2.08. The average Bonchev–Trinajstić information content (AvgIpc) is 3.06. The molecule has 0 aromatic heterocycles. The molecule has 1 fully saturated rings. The van der Waals surface area contributed by atoms with Crippen LogP contribution < -0.4 is 10.1 Å². The predicted molar refractivity (Wildman–Crippen MR) is 62.0 cm³/mol. The summed E-state index contributed by atoms with van der Waals surface area (Å²) in [5.74, 6) is -0.785. The third kappa shape index (κ3) is 3.40. The maximum atomic E-state index is 13.6. The first kappa shape index (κ1) is 12.3. The lowest BCUT2D eigenvalue weighted by molar-refractivity contribution is 0.273. The van der Waals surface area contributed by atoms with Crippen LogP contribution in [0.3, 0.4) is 0 Å². The van der Waals surface area contributed by atoms with Gasteiger partial charge < -0.3 is 10.1 Å². The van der Waals surface area contributed by atoms with Crippen molar-refractivity contribution in [3.63, 3.8) is 0 Å². The Kier molecular flexibility index (Phi) is 3.94. The van der Waals surface area contributed by atoms with Gasteiger partial charge in [-0.1, -0.05) is 12.8 Å².